The first kappa shape index (κ1) is 19.1. The average molecular weight is 457 g/mol. The van der Waals surface area contributed by atoms with Crippen molar-refractivity contribution in [2.24, 2.45) is 4.99 Å². The van der Waals surface area contributed by atoms with Crippen LogP contribution >= 0.6 is 34.2 Å². The first-order valence-electron chi connectivity index (χ1n) is 7.89. The topological polar surface area (TPSA) is 24.8 Å². The highest BCUT2D eigenvalue weighted by Gasteiger charge is 2.08. The lowest BCUT2D eigenvalue weighted by atomic mass is 10.1. The molecule has 0 saturated heterocycles. The van der Waals surface area contributed by atoms with E-state index in [0.717, 1.165) is 44.8 Å². The first-order chi connectivity index (χ1) is 11.4. The Morgan fingerprint density at radius 3 is 2.62 bits per heavy atom. The Kier molecular flexibility index (Phi) is 6.92. The molecule has 0 aliphatic heterocycles. The monoisotopic (exact) mass is 456 g/mol. The van der Waals surface area contributed by atoms with Gasteiger partial charge in [0.1, 0.15) is 11.5 Å². The standard InChI is InChI=1S/C19H22ClIN2O/c1-5-8-23(4)12-22-18-9-14(3)19(10-13(18)2)24-15-6-7-17(21)16(20)11-15/h6-7,9-12H,5,8H2,1-4H3. The number of hydrogen-bond acceptors (Lipinski definition) is 2. The molecule has 2 aromatic rings. The summed E-state index contributed by atoms with van der Waals surface area (Å²) in [6.07, 6.45) is 2.98. The Morgan fingerprint density at radius 2 is 1.96 bits per heavy atom. The van der Waals surface area contributed by atoms with Gasteiger partial charge in [-0.25, -0.2) is 4.99 Å². The maximum Gasteiger partial charge on any atom is 0.130 e. The zero-order valence-electron chi connectivity index (χ0n) is 14.4. The van der Waals surface area contributed by atoms with Crippen molar-refractivity contribution in [1.82, 2.24) is 4.90 Å². The Balaban J connectivity index is 2.21. The SMILES string of the molecule is CCCN(C)C=Nc1cc(C)c(Oc2ccc(I)c(Cl)c2)cc1C. The van der Waals surface area contributed by atoms with Gasteiger partial charge in [0.15, 0.2) is 0 Å². The minimum Gasteiger partial charge on any atom is -0.457 e. The largest absolute Gasteiger partial charge is 0.457 e. The van der Waals surface area contributed by atoms with Gasteiger partial charge in [-0.1, -0.05) is 18.5 Å². The summed E-state index contributed by atoms with van der Waals surface area (Å²) in [5, 5.41) is 0.697. The van der Waals surface area contributed by atoms with Crippen LogP contribution in [0.1, 0.15) is 24.5 Å². The highest BCUT2D eigenvalue weighted by molar-refractivity contribution is 14.1. The third kappa shape index (κ3) is 5.11. The summed E-state index contributed by atoms with van der Waals surface area (Å²) in [7, 11) is 2.03. The Morgan fingerprint density at radius 1 is 1.21 bits per heavy atom. The van der Waals surface area contributed by atoms with E-state index in [2.05, 4.69) is 45.5 Å². The quantitative estimate of drug-likeness (QED) is 0.287. The van der Waals surface area contributed by atoms with Gasteiger partial charge in [0.2, 0.25) is 0 Å². The number of aliphatic imine (C=N–C) groups is 1. The van der Waals surface area contributed by atoms with Gasteiger partial charge in [-0.3, -0.25) is 0 Å². The van der Waals surface area contributed by atoms with E-state index < -0.39 is 0 Å². The Bertz CT molecular complexity index is 746. The Hall–Kier alpha value is -1.27. The van der Waals surface area contributed by atoms with Gasteiger partial charge < -0.3 is 9.64 Å². The fraction of sp³-hybridized carbons (Fsp3) is 0.316. The second kappa shape index (κ2) is 8.72. The zero-order valence-corrected chi connectivity index (χ0v) is 17.4. The number of halogens is 2. The number of benzene rings is 2. The summed E-state index contributed by atoms with van der Waals surface area (Å²) in [5.41, 5.74) is 3.08. The van der Waals surface area contributed by atoms with Crippen LogP contribution in [0.5, 0.6) is 11.5 Å². The molecular weight excluding hydrogens is 435 g/mol. The van der Waals surface area contributed by atoms with Crippen molar-refractivity contribution >= 4 is 46.2 Å². The van der Waals surface area contributed by atoms with Crippen molar-refractivity contribution in [3.05, 3.63) is 50.1 Å². The fourth-order valence-corrected chi connectivity index (χ4v) is 2.77. The maximum absolute atomic E-state index is 6.16. The van der Waals surface area contributed by atoms with E-state index in [1.54, 1.807) is 0 Å². The van der Waals surface area contributed by atoms with Crippen LogP contribution in [0.4, 0.5) is 5.69 Å². The molecule has 0 aliphatic carbocycles. The van der Waals surface area contributed by atoms with Crippen molar-refractivity contribution in [2.75, 3.05) is 13.6 Å². The van der Waals surface area contributed by atoms with Crippen molar-refractivity contribution in [1.29, 1.82) is 0 Å². The van der Waals surface area contributed by atoms with Crippen molar-refractivity contribution in [3.63, 3.8) is 0 Å². The van der Waals surface area contributed by atoms with Gasteiger partial charge in [0.05, 0.1) is 17.0 Å². The van der Waals surface area contributed by atoms with Gasteiger partial charge >= 0.3 is 0 Å². The molecule has 0 heterocycles. The van der Waals surface area contributed by atoms with Crippen LogP contribution in [0.2, 0.25) is 5.02 Å². The van der Waals surface area contributed by atoms with E-state index >= 15 is 0 Å². The second-order valence-corrected chi connectivity index (χ2v) is 7.38. The van der Waals surface area contributed by atoms with Crippen LogP contribution in [0.3, 0.4) is 0 Å². The van der Waals surface area contributed by atoms with Gasteiger partial charge in [-0.2, -0.15) is 0 Å². The molecule has 0 spiro atoms. The summed E-state index contributed by atoms with van der Waals surface area (Å²) in [5.74, 6) is 1.56. The number of hydrogen-bond donors (Lipinski definition) is 0. The summed E-state index contributed by atoms with van der Waals surface area (Å²) >= 11 is 8.36. The van der Waals surface area contributed by atoms with Crippen LogP contribution in [0, 0.1) is 17.4 Å². The summed E-state index contributed by atoms with van der Waals surface area (Å²) in [6.45, 7) is 7.22. The number of nitrogens with zero attached hydrogens (tertiary/aromatic N) is 2. The van der Waals surface area contributed by atoms with Crippen LogP contribution in [0.25, 0.3) is 0 Å². The molecular formula is C19H22ClIN2O. The molecule has 0 fully saturated rings. The third-order valence-corrected chi connectivity index (χ3v) is 5.15. The molecule has 2 aromatic carbocycles. The second-order valence-electron chi connectivity index (χ2n) is 5.81. The number of rotatable bonds is 6. The molecule has 0 aliphatic rings. The van der Waals surface area contributed by atoms with Gasteiger partial charge in [-0.15, -0.1) is 0 Å². The van der Waals surface area contributed by atoms with E-state index in [4.69, 9.17) is 16.3 Å². The minimum absolute atomic E-state index is 0.697. The van der Waals surface area contributed by atoms with E-state index in [1.807, 2.05) is 51.5 Å². The lowest BCUT2D eigenvalue weighted by Crippen LogP contribution is -2.16. The van der Waals surface area contributed by atoms with E-state index in [-0.39, 0.29) is 0 Å². The van der Waals surface area contributed by atoms with Gasteiger partial charge in [0, 0.05) is 23.2 Å². The third-order valence-electron chi connectivity index (χ3n) is 3.58. The summed E-state index contributed by atoms with van der Waals surface area (Å²) in [4.78, 5) is 6.67. The van der Waals surface area contributed by atoms with E-state index in [9.17, 15) is 0 Å². The molecule has 0 bridgehead atoms. The normalized spacial score (nSPS) is 11.1. The van der Waals surface area contributed by atoms with Crippen LogP contribution in [-0.4, -0.2) is 24.8 Å². The fourth-order valence-electron chi connectivity index (χ4n) is 2.26. The van der Waals surface area contributed by atoms with Crippen LogP contribution in [-0.2, 0) is 0 Å². The molecule has 0 unspecified atom stereocenters. The Labute approximate surface area is 162 Å². The van der Waals surface area contributed by atoms with E-state index in [1.165, 1.54) is 0 Å². The molecule has 24 heavy (non-hydrogen) atoms. The van der Waals surface area contributed by atoms with Gasteiger partial charge in [-0.05, 0) is 78.3 Å². The van der Waals surface area contributed by atoms with E-state index in [0.29, 0.717) is 5.02 Å². The molecule has 128 valence electrons. The predicted octanol–water partition coefficient (Wildman–Crippen LogP) is 6.36. The van der Waals surface area contributed by atoms with Crippen molar-refractivity contribution in [3.8, 4) is 11.5 Å². The summed E-state index contributed by atoms with van der Waals surface area (Å²) < 4.78 is 7.00. The summed E-state index contributed by atoms with van der Waals surface area (Å²) in [6, 6.07) is 9.78. The molecule has 0 atom stereocenters. The lowest BCUT2D eigenvalue weighted by Gasteiger charge is -2.13. The molecule has 0 aromatic heterocycles. The highest BCUT2D eigenvalue weighted by atomic mass is 127. The zero-order chi connectivity index (χ0) is 17.7. The molecule has 0 N–H and O–H groups in total. The van der Waals surface area contributed by atoms with Crippen LogP contribution < -0.4 is 4.74 Å². The van der Waals surface area contributed by atoms with Crippen LogP contribution in [0.15, 0.2) is 35.3 Å². The maximum atomic E-state index is 6.16. The average Bonchev–Trinajstić information content (AvgIpc) is 2.53. The molecule has 3 nitrogen and oxygen atoms in total. The number of aryl methyl sites for hydroxylation is 2. The van der Waals surface area contributed by atoms with Crippen molar-refractivity contribution in [2.45, 2.75) is 27.2 Å². The molecule has 0 amide bonds. The molecule has 0 radical (unpaired) electrons. The predicted molar refractivity (Wildman–Crippen MR) is 111 cm³/mol. The minimum atomic E-state index is 0.697. The smallest absolute Gasteiger partial charge is 0.130 e. The molecule has 2 rings (SSSR count). The molecule has 0 saturated carbocycles. The lowest BCUT2D eigenvalue weighted by molar-refractivity contribution is 0.478. The number of ether oxygens (including phenoxy) is 1. The van der Waals surface area contributed by atoms with Crippen molar-refractivity contribution < 1.29 is 4.74 Å². The molecule has 5 heteroatoms. The first-order valence-corrected chi connectivity index (χ1v) is 9.35. The van der Waals surface area contributed by atoms with Gasteiger partial charge in [0.25, 0.3) is 0 Å². The highest BCUT2D eigenvalue weighted by Crippen LogP contribution is 2.33.